The minimum atomic E-state index is -0.0483. The van der Waals surface area contributed by atoms with Gasteiger partial charge in [-0.15, -0.1) is 22.7 Å². The van der Waals surface area contributed by atoms with E-state index in [0.29, 0.717) is 21.8 Å². The number of anilines is 1. The molecular formula is C13H14ClN3OS2. The predicted octanol–water partition coefficient (Wildman–Crippen LogP) is 3.26. The maximum atomic E-state index is 12.0. The maximum Gasteiger partial charge on any atom is 0.261 e. The van der Waals surface area contributed by atoms with Crippen LogP contribution >= 0.6 is 34.3 Å². The third-order valence-corrected chi connectivity index (χ3v) is 5.38. The lowest BCUT2D eigenvalue weighted by atomic mass is 10.2. The van der Waals surface area contributed by atoms with E-state index in [4.69, 9.17) is 11.6 Å². The zero-order chi connectivity index (χ0) is 13.9. The second-order valence-corrected chi connectivity index (χ2v) is 7.21. The van der Waals surface area contributed by atoms with Gasteiger partial charge < -0.3 is 10.2 Å². The highest BCUT2D eigenvalue weighted by Gasteiger charge is 2.26. The van der Waals surface area contributed by atoms with Crippen molar-refractivity contribution in [2.24, 2.45) is 0 Å². The number of aromatic nitrogens is 1. The number of amides is 1. The number of hydrogen-bond acceptors (Lipinski definition) is 5. The van der Waals surface area contributed by atoms with Gasteiger partial charge in [-0.25, -0.2) is 4.98 Å². The van der Waals surface area contributed by atoms with E-state index in [0.717, 1.165) is 24.5 Å². The largest absolute Gasteiger partial charge is 0.349 e. The molecule has 3 rings (SSSR count). The second kappa shape index (κ2) is 6.11. The number of thiazole rings is 1. The highest BCUT2D eigenvalue weighted by Crippen LogP contribution is 2.27. The molecule has 1 unspecified atom stereocenters. The summed E-state index contributed by atoms with van der Waals surface area (Å²) < 4.78 is 0.639. The molecule has 1 fully saturated rings. The molecule has 1 aliphatic rings. The molecule has 106 valence electrons. The number of carbonyl (C=O) groups is 1. The molecule has 4 nitrogen and oxygen atoms in total. The van der Waals surface area contributed by atoms with E-state index in [1.165, 1.54) is 11.3 Å². The Morgan fingerprint density at radius 3 is 3.15 bits per heavy atom. The number of thiophene rings is 1. The second-order valence-electron chi connectivity index (χ2n) is 4.62. The van der Waals surface area contributed by atoms with Crippen molar-refractivity contribution in [2.45, 2.75) is 18.9 Å². The standard InChI is InChI=1S/C13H14ClN3OS2/c14-11-4-3-10(20-11)12(18)16-8-9-2-1-6-17(9)13-15-5-7-19-13/h3-5,7,9H,1-2,6,8H2,(H,16,18). The zero-order valence-corrected chi connectivity index (χ0v) is 13.1. The molecule has 20 heavy (non-hydrogen) atoms. The van der Waals surface area contributed by atoms with E-state index in [-0.39, 0.29) is 5.91 Å². The van der Waals surface area contributed by atoms with Crippen molar-refractivity contribution in [3.05, 3.63) is 32.9 Å². The fourth-order valence-corrected chi connectivity index (χ4v) is 4.09. The van der Waals surface area contributed by atoms with Crippen LogP contribution in [0.4, 0.5) is 5.13 Å². The molecule has 1 atom stereocenters. The van der Waals surface area contributed by atoms with Gasteiger partial charge in [0, 0.05) is 30.7 Å². The number of nitrogens with one attached hydrogen (secondary N) is 1. The van der Waals surface area contributed by atoms with Gasteiger partial charge >= 0.3 is 0 Å². The number of hydrogen-bond donors (Lipinski definition) is 1. The van der Waals surface area contributed by atoms with Crippen molar-refractivity contribution in [1.82, 2.24) is 10.3 Å². The van der Waals surface area contributed by atoms with Crippen LogP contribution in [0.1, 0.15) is 22.5 Å². The van der Waals surface area contributed by atoms with E-state index in [2.05, 4.69) is 15.2 Å². The third-order valence-electron chi connectivity index (χ3n) is 3.34. The monoisotopic (exact) mass is 327 g/mol. The first-order valence-corrected chi connectivity index (χ1v) is 8.51. The molecule has 1 aliphatic heterocycles. The molecule has 0 spiro atoms. The molecular weight excluding hydrogens is 314 g/mol. The van der Waals surface area contributed by atoms with Gasteiger partial charge in [0.1, 0.15) is 0 Å². The summed E-state index contributed by atoms with van der Waals surface area (Å²) in [4.78, 5) is 19.3. The summed E-state index contributed by atoms with van der Waals surface area (Å²) in [6.45, 7) is 1.66. The van der Waals surface area contributed by atoms with Crippen LogP contribution in [0.2, 0.25) is 4.34 Å². The highest BCUT2D eigenvalue weighted by molar-refractivity contribution is 7.18. The molecule has 0 bridgehead atoms. The molecule has 7 heteroatoms. The van der Waals surface area contributed by atoms with Crippen LogP contribution in [0, 0.1) is 0 Å². The number of carbonyl (C=O) groups excluding carboxylic acids is 1. The van der Waals surface area contributed by atoms with E-state index in [1.54, 1.807) is 23.5 Å². The van der Waals surface area contributed by atoms with Gasteiger partial charge in [0.05, 0.1) is 9.21 Å². The summed E-state index contributed by atoms with van der Waals surface area (Å²) in [5.41, 5.74) is 0. The van der Waals surface area contributed by atoms with E-state index >= 15 is 0 Å². The van der Waals surface area contributed by atoms with Gasteiger partial charge in [-0.2, -0.15) is 0 Å². The molecule has 0 aliphatic carbocycles. The Bertz CT molecular complexity index is 584. The Labute approximate surface area is 130 Å². The van der Waals surface area contributed by atoms with Crippen molar-refractivity contribution < 1.29 is 4.79 Å². The van der Waals surface area contributed by atoms with Crippen LogP contribution in [0.5, 0.6) is 0 Å². The summed E-state index contributed by atoms with van der Waals surface area (Å²) in [5, 5.41) is 6.02. The summed E-state index contributed by atoms with van der Waals surface area (Å²) >= 11 is 8.80. The number of halogens is 1. The van der Waals surface area contributed by atoms with Gasteiger partial charge in [-0.05, 0) is 25.0 Å². The fraction of sp³-hybridized carbons (Fsp3) is 0.385. The summed E-state index contributed by atoms with van der Waals surface area (Å²) in [5.74, 6) is -0.0483. The smallest absolute Gasteiger partial charge is 0.261 e. The molecule has 1 amide bonds. The van der Waals surface area contributed by atoms with Crippen LogP contribution in [0.25, 0.3) is 0 Å². The molecule has 0 aromatic carbocycles. The summed E-state index contributed by atoms with van der Waals surface area (Å²) in [6, 6.07) is 3.84. The Morgan fingerprint density at radius 1 is 1.55 bits per heavy atom. The van der Waals surface area contributed by atoms with Crippen molar-refractivity contribution in [2.75, 3.05) is 18.0 Å². The number of rotatable bonds is 4. The third kappa shape index (κ3) is 2.97. The van der Waals surface area contributed by atoms with Crippen molar-refractivity contribution in [1.29, 1.82) is 0 Å². The first-order valence-electron chi connectivity index (χ1n) is 6.44. The van der Waals surface area contributed by atoms with Crippen LogP contribution in [0.3, 0.4) is 0 Å². The van der Waals surface area contributed by atoms with Crippen LogP contribution in [0.15, 0.2) is 23.7 Å². The van der Waals surface area contributed by atoms with Gasteiger partial charge in [-0.1, -0.05) is 11.6 Å². The molecule has 1 saturated heterocycles. The van der Waals surface area contributed by atoms with Gasteiger partial charge in [0.2, 0.25) is 0 Å². The lowest BCUT2D eigenvalue weighted by Crippen LogP contribution is -2.40. The number of nitrogens with zero attached hydrogens (tertiary/aromatic N) is 2. The first-order chi connectivity index (χ1) is 9.74. The zero-order valence-electron chi connectivity index (χ0n) is 10.7. The van der Waals surface area contributed by atoms with Crippen LogP contribution in [-0.2, 0) is 0 Å². The molecule has 1 N–H and O–H groups in total. The fourth-order valence-electron chi connectivity index (χ4n) is 2.39. The Hall–Kier alpha value is -1.11. The minimum absolute atomic E-state index is 0.0483. The first kappa shape index (κ1) is 13.9. The molecule has 2 aromatic rings. The van der Waals surface area contributed by atoms with Crippen LogP contribution < -0.4 is 10.2 Å². The van der Waals surface area contributed by atoms with E-state index in [9.17, 15) is 4.79 Å². The van der Waals surface area contributed by atoms with E-state index < -0.39 is 0 Å². The topological polar surface area (TPSA) is 45.2 Å². The Balaban J connectivity index is 1.59. The maximum absolute atomic E-state index is 12.0. The Kier molecular flexibility index (Phi) is 4.24. The van der Waals surface area contributed by atoms with Gasteiger partial charge in [0.15, 0.2) is 5.13 Å². The molecule has 0 saturated carbocycles. The summed E-state index contributed by atoms with van der Waals surface area (Å²) in [7, 11) is 0. The summed E-state index contributed by atoms with van der Waals surface area (Å²) in [6.07, 6.45) is 4.05. The molecule has 0 radical (unpaired) electrons. The molecule has 3 heterocycles. The normalized spacial score (nSPS) is 18.4. The quantitative estimate of drug-likeness (QED) is 0.937. The van der Waals surface area contributed by atoms with Crippen molar-refractivity contribution >= 4 is 45.3 Å². The highest BCUT2D eigenvalue weighted by atomic mass is 35.5. The van der Waals surface area contributed by atoms with Crippen molar-refractivity contribution in [3.8, 4) is 0 Å². The van der Waals surface area contributed by atoms with E-state index in [1.807, 2.05) is 11.6 Å². The lowest BCUT2D eigenvalue weighted by molar-refractivity contribution is 0.0955. The lowest BCUT2D eigenvalue weighted by Gasteiger charge is -2.24. The molecule has 2 aromatic heterocycles. The van der Waals surface area contributed by atoms with Crippen LogP contribution in [-0.4, -0.2) is 30.0 Å². The Morgan fingerprint density at radius 2 is 2.45 bits per heavy atom. The average Bonchev–Trinajstić information content (AvgIpc) is 3.16. The van der Waals surface area contributed by atoms with Crippen molar-refractivity contribution in [3.63, 3.8) is 0 Å². The van der Waals surface area contributed by atoms with Gasteiger partial charge in [-0.3, -0.25) is 4.79 Å². The average molecular weight is 328 g/mol. The SMILES string of the molecule is O=C(NCC1CCCN1c1nccs1)c1ccc(Cl)s1. The minimum Gasteiger partial charge on any atom is -0.349 e. The van der Waals surface area contributed by atoms with Gasteiger partial charge in [0.25, 0.3) is 5.91 Å². The predicted molar refractivity (Wildman–Crippen MR) is 84.1 cm³/mol.